The van der Waals surface area contributed by atoms with Crippen LogP contribution < -0.4 is 21.6 Å². The smallest absolute Gasteiger partial charge is 0.248 e. The van der Waals surface area contributed by atoms with E-state index in [2.05, 4.69) is 36.3 Å². The number of carbonyl (C=O) groups is 2. The first kappa shape index (κ1) is 24.1. The fourth-order valence-corrected chi connectivity index (χ4v) is 3.65. The molecule has 3 rings (SSSR count). The average molecular weight is 469 g/mol. The van der Waals surface area contributed by atoms with Crippen molar-refractivity contribution in [2.24, 2.45) is 5.73 Å². The number of primary amides is 1. The van der Waals surface area contributed by atoms with Gasteiger partial charge in [0, 0.05) is 11.3 Å². The Morgan fingerprint density at radius 3 is 2.30 bits per heavy atom. The molecule has 10 heteroatoms. The number of rotatable bonds is 8. The van der Waals surface area contributed by atoms with E-state index in [1.165, 1.54) is 22.0 Å². The van der Waals surface area contributed by atoms with E-state index >= 15 is 0 Å². The zero-order valence-corrected chi connectivity index (χ0v) is 19.8. The maximum Gasteiger partial charge on any atom is 0.248 e. The summed E-state index contributed by atoms with van der Waals surface area (Å²) in [7, 11) is 0. The molecule has 0 radical (unpaired) electrons. The number of aromatic nitrogens is 3. The first-order chi connectivity index (χ1) is 15.5. The second kappa shape index (κ2) is 9.95. The van der Waals surface area contributed by atoms with Crippen LogP contribution in [0.25, 0.3) is 0 Å². The molecule has 2 amide bonds. The molecule has 0 fully saturated rings. The minimum Gasteiger partial charge on any atom is -0.486 e. The molecule has 174 valence electrons. The monoisotopic (exact) mass is 468 g/mol. The number of nitrogens with two attached hydrogens (primary N) is 2. The summed E-state index contributed by atoms with van der Waals surface area (Å²) in [6.07, 6.45) is 0. The number of nitrogens with zero attached hydrogens (tertiary/aromatic N) is 3. The lowest BCUT2D eigenvalue weighted by molar-refractivity contribution is -0.115. The van der Waals surface area contributed by atoms with E-state index in [0.717, 1.165) is 0 Å². The van der Waals surface area contributed by atoms with Gasteiger partial charge in [0.2, 0.25) is 17.0 Å². The lowest BCUT2D eigenvalue weighted by Crippen LogP contribution is -2.24. The van der Waals surface area contributed by atoms with Gasteiger partial charge in [-0.25, -0.2) is 4.68 Å². The SMILES string of the molecule is C[C@H](Sc1nnc(COc2ccc(C(C)(C)C)cc2)n1N)C(=O)Nc1ccc(C(N)=O)cc1. The van der Waals surface area contributed by atoms with Crippen LogP contribution in [-0.4, -0.2) is 31.9 Å². The molecule has 0 spiro atoms. The summed E-state index contributed by atoms with van der Waals surface area (Å²) in [5.74, 6) is 6.48. The van der Waals surface area contributed by atoms with Gasteiger partial charge in [0.1, 0.15) is 12.4 Å². The van der Waals surface area contributed by atoms with Gasteiger partial charge in [-0.3, -0.25) is 9.59 Å². The molecule has 1 atom stereocenters. The van der Waals surface area contributed by atoms with Crippen molar-refractivity contribution in [3.63, 3.8) is 0 Å². The van der Waals surface area contributed by atoms with E-state index in [4.69, 9.17) is 16.3 Å². The number of thioether (sulfide) groups is 1. The Morgan fingerprint density at radius 1 is 1.09 bits per heavy atom. The molecule has 0 saturated carbocycles. The summed E-state index contributed by atoms with van der Waals surface area (Å²) < 4.78 is 7.11. The van der Waals surface area contributed by atoms with Crippen molar-refractivity contribution < 1.29 is 14.3 Å². The largest absolute Gasteiger partial charge is 0.486 e. The van der Waals surface area contributed by atoms with Crippen molar-refractivity contribution >= 4 is 29.3 Å². The van der Waals surface area contributed by atoms with E-state index in [9.17, 15) is 9.59 Å². The minimum absolute atomic E-state index is 0.0675. The van der Waals surface area contributed by atoms with Gasteiger partial charge < -0.3 is 21.6 Å². The molecule has 0 aliphatic heterocycles. The Balaban J connectivity index is 1.56. The fraction of sp³-hybridized carbons (Fsp3) is 0.304. The Bertz CT molecular complexity index is 1120. The number of nitrogen functional groups attached to an aromatic ring is 1. The Labute approximate surface area is 196 Å². The van der Waals surface area contributed by atoms with Crippen molar-refractivity contribution in [2.75, 3.05) is 11.2 Å². The topological polar surface area (TPSA) is 138 Å². The minimum atomic E-state index is -0.527. The highest BCUT2D eigenvalue weighted by Gasteiger charge is 2.20. The molecule has 5 N–H and O–H groups in total. The molecule has 0 unspecified atom stereocenters. The second-order valence-electron chi connectivity index (χ2n) is 8.52. The van der Waals surface area contributed by atoms with Crippen LogP contribution in [0.15, 0.2) is 53.7 Å². The van der Waals surface area contributed by atoms with Crippen LogP contribution in [0, 0.1) is 0 Å². The maximum absolute atomic E-state index is 12.5. The van der Waals surface area contributed by atoms with Crippen LogP contribution in [0.5, 0.6) is 5.75 Å². The molecule has 0 bridgehead atoms. The van der Waals surface area contributed by atoms with Crippen molar-refractivity contribution in [1.29, 1.82) is 0 Å². The number of amides is 2. The average Bonchev–Trinajstić information content (AvgIpc) is 3.11. The number of anilines is 1. The van der Waals surface area contributed by atoms with Gasteiger partial charge >= 0.3 is 0 Å². The second-order valence-corrected chi connectivity index (χ2v) is 9.83. The van der Waals surface area contributed by atoms with Crippen molar-refractivity contribution in [2.45, 2.75) is 50.1 Å². The summed E-state index contributed by atoms with van der Waals surface area (Å²) >= 11 is 1.18. The number of hydrogen-bond donors (Lipinski definition) is 3. The molecular formula is C23H28N6O3S. The van der Waals surface area contributed by atoms with E-state index in [1.54, 1.807) is 31.2 Å². The number of benzene rings is 2. The van der Waals surface area contributed by atoms with Crippen LogP contribution in [0.4, 0.5) is 5.69 Å². The Kier molecular flexibility index (Phi) is 7.27. The van der Waals surface area contributed by atoms with Gasteiger partial charge in [0.15, 0.2) is 5.82 Å². The van der Waals surface area contributed by atoms with E-state index in [1.807, 2.05) is 24.3 Å². The number of carbonyl (C=O) groups excluding carboxylic acids is 2. The highest BCUT2D eigenvalue weighted by Crippen LogP contribution is 2.25. The Hall–Kier alpha value is -3.53. The summed E-state index contributed by atoms with van der Waals surface area (Å²) in [5, 5.41) is 10.8. The lowest BCUT2D eigenvalue weighted by Gasteiger charge is -2.19. The van der Waals surface area contributed by atoms with Crippen molar-refractivity contribution in [1.82, 2.24) is 14.9 Å². The molecular weight excluding hydrogens is 440 g/mol. The van der Waals surface area contributed by atoms with Gasteiger partial charge in [0.25, 0.3) is 0 Å². The molecule has 2 aromatic carbocycles. The predicted octanol–water partition coefficient (Wildman–Crippen LogP) is 3.09. The zero-order chi connectivity index (χ0) is 24.2. The first-order valence-electron chi connectivity index (χ1n) is 10.3. The van der Waals surface area contributed by atoms with Crippen molar-refractivity contribution in [3.05, 3.63) is 65.5 Å². The molecule has 0 aliphatic rings. The first-order valence-corrected chi connectivity index (χ1v) is 11.2. The molecule has 1 aromatic heterocycles. The summed E-state index contributed by atoms with van der Waals surface area (Å²) in [5.41, 5.74) is 7.43. The molecule has 1 heterocycles. The summed E-state index contributed by atoms with van der Waals surface area (Å²) in [6.45, 7) is 8.34. The molecule has 3 aromatic rings. The van der Waals surface area contributed by atoms with Gasteiger partial charge in [-0.1, -0.05) is 44.7 Å². The zero-order valence-electron chi connectivity index (χ0n) is 19.0. The fourth-order valence-electron chi connectivity index (χ4n) is 2.86. The molecule has 33 heavy (non-hydrogen) atoms. The number of ether oxygens (including phenoxy) is 1. The molecule has 9 nitrogen and oxygen atoms in total. The van der Waals surface area contributed by atoms with E-state index in [0.29, 0.717) is 28.0 Å². The van der Waals surface area contributed by atoms with Crippen LogP contribution in [0.2, 0.25) is 0 Å². The summed E-state index contributed by atoms with van der Waals surface area (Å²) in [4.78, 5) is 23.7. The van der Waals surface area contributed by atoms with Gasteiger partial charge in [-0.2, -0.15) is 0 Å². The quantitative estimate of drug-likeness (QED) is 0.341. The third kappa shape index (κ3) is 6.26. The van der Waals surface area contributed by atoms with Crippen LogP contribution in [0.1, 0.15) is 49.4 Å². The highest BCUT2D eigenvalue weighted by atomic mass is 32.2. The normalized spacial score (nSPS) is 12.2. The van der Waals surface area contributed by atoms with Crippen LogP contribution >= 0.6 is 11.8 Å². The van der Waals surface area contributed by atoms with E-state index < -0.39 is 11.2 Å². The van der Waals surface area contributed by atoms with Gasteiger partial charge in [-0.05, 0) is 54.3 Å². The number of hydrogen-bond acceptors (Lipinski definition) is 7. The standard InChI is InChI=1S/C23H28N6O3S/c1-14(21(31)26-17-9-5-15(6-10-17)20(24)30)33-22-28-27-19(29(22)25)13-32-18-11-7-16(8-12-18)23(2,3)4/h5-12,14H,13,25H2,1-4H3,(H2,24,30)(H,26,31)/t14-/m0/s1. The predicted molar refractivity (Wildman–Crippen MR) is 129 cm³/mol. The van der Waals surface area contributed by atoms with Crippen molar-refractivity contribution in [3.8, 4) is 5.75 Å². The number of nitrogens with one attached hydrogen (secondary N) is 1. The van der Waals surface area contributed by atoms with Gasteiger partial charge in [-0.15, -0.1) is 10.2 Å². The van der Waals surface area contributed by atoms with Gasteiger partial charge in [0.05, 0.1) is 5.25 Å². The third-order valence-corrected chi connectivity index (χ3v) is 5.97. The van der Waals surface area contributed by atoms with Crippen LogP contribution in [-0.2, 0) is 16.8 Å². The maximum atomic E-state index is 12.5. The third-order valence-electron chi connectivity index (χ3n) is 4.91. The van der Waals surface area contributed by atoms with Crippen LogP contribution in [0.3, 0.4) is 0 Å². The summed E-state index contributed by atoms with van der Waals surface area (Å²) in [6, 6.07) is 14.2. The molecule has 0 saturated heterocycles. The molecule has 0 aliphatic carbocycles. The Morgan fingerprint density at radius 2 is 1.73 bits per heavy atom. The lowest BCUT2D eigenvalue weighted by atomic mass is 9.87. The highest BCUT2D eigenvalue weighted by molar-refractivity contribution is 8.00. The van der Waals surface area contributed by atoms with E-state index in [-0.39, 0.29) is 17.9 Å².